The number of carbonyl (C=O) groups excluding carboxylic acids is 1. The summed E-state index contributed by atoms with van der Waals surface area (Å²) in [6.07, 6.45) is 0.620. The first-order chi connectivity index (χ1) is 9.47. The molecule has 0 aromatic heterocycles. The Balaban J connectivity index is 2.17. The summed E-state index contributed by atoms with van der Waals surface area (Å²) >= 11 is 1.01. The van der Waals surface area contributed by atoms with Gasteiger partial charge >= 0.3 is 6.18 Å². The molecule has 1 aromatic rings. The van der Waals surface area contributed by atoms with Crippen molar-refractivity contribution in [2.45, 2.75) is 23.9 Å². The normalized spacial score (nSPS) is 18.2. The van der Waals surface area contributed by atoms with Gasteiger partial charge in [0.25, 0.3) is 5.91 Å². The number of allylic oxidation sites excluding steroid dienone is 3. The van der Waals surface area contributed by atoms with Crippen LogP contribution in [0.1, 0.15) is 28.8 Å². The van der Waals surface area contributed by atoms with Crippen LogP contribution >= 0.6 is 11.8 Å². The molecule has 1 aliphatic heterocycles. The van der Waals surface area contributed by atoms with Crippen LogP contribution in [0.3, 0.4) is 0 Å². The van der Waals surface area contributed by atoms with Gasteiger partial charge in [-0.25, -0.2) is 0 Å². The highest BCUT2D eigenvalue weighted by Gasteiger charge is 2.36. The van der Waals surface area contributed by atoms with Gasteiger partial charge in [0.15, 0.2) is 0 Å². The van der Waals surface area contributed by atoms with E-state index in [0.717, 1.165) is 24.2 Å². The van der Waals surface area contributed by atoms with Gasteiger partial charge in [-0.1, -0.05) is 30.0 Å². The molecule has 1 amide bonds. The Morgan fingerprint density at radius 2 is 2.05 bits per heavy atom. The number of alkyl halides is 3. The summed E-state index contributed by atoms with van der Waals surface area (Å²) in [7, 11) is 0. The van der Waals surface area contributed by atoms with Gasteiger partial charge in [0.1, 0.15) is 0 Å². The Hall–Kier alpha value is -1.69. The molecule has 2 nitrogen and oxygen atoms in total. The standard InChI is InChI=1S/C14H10F3NOS/c15-14(16,17)9-5-3-4-8-12(9)20-11-7-2-1-6-10(11)18-13(8)19/h2-5,7H,1,6H2,(H,18,19). The second-order valence-corrected chi connectivity index (χ2v) is 5.57. The van der Waals surface area contributed by atoms with Gasteiger partial charge in [0, 0.05) is 15.5 Å². The zero-order valence-electron chi connectivity index (χ0n) is 10.3. The van der Waals surface area contributed by atoms with Crippen LogP contribution in [0.25, 0.3) is 0 Å². The van der Waals surface area contributed by atoms with Gasteiger partial charge < -0.3 is 5.32 Å². The largest absolute Gasteiger partial charge is 0.417 e. The molecule has 0 bridgehead atoms. The summed E-state index contributed by atoms with van der Waals surface area (Å²) in [5, 5.41) is 2.72. The van der Waals surface area contributed by atoms with Crippen LogP contribution in [0.5, 0.6) is 0 Å². The molecule has 1 aromatic carbocycles. The molecule has 0 fully saturated rings. The van der Waals surface area contributed by atoms with Gasteiger partial charge in [-0.05, 0) is 25.0 Å². The van der Waals surface area contributed by atoms with E-state index >= 15 is 0 Å². The lowest BCUT2D eigenvalue weighted by Crippen LogP contribution is -2.23. The van der Waals surface area contributed by atoms with Crippen LogP contribution < -0.4 is 5.32 Å². The summed E-state index contributed by atoms with van der Waals surface area (Å²) < 4.78 is 39.2. The maximum atomic E-state index is 13.1. The third-order valence-corrected chi connectivity index (χ3v) is 4.42. The Morgan fingerprint density at radius 1 is 1.25 bits per heavy atom. The van der Waals surface area contributed by atoms with E-state index in [1.54, 1.807) is 6.08 Å². The number of carbonyl (C=O) groups is 1. The number of benzene rings is 1. The maximum Gasteiger partial charge on any atom is 0.417 e. The van der Waals surface area contributed by atoms with Crippen LogP contribution in [-0.4, -0.2) is 5.91 Å². The number of fused-ring (bicyclic) bond motifs is 1. The number of hydrogen-bond acceptors (Lipinski definition) is 2. The SMILES string of the molecule is O=C1NC2=C(C=CCC2)Sc2c1cccc2C(F)(F)F. The minimum atomic E-state index is -4.47. The van der Waals surface area contributed by atoms with E-state index in [4.69, 9.17) is 0 Å². The number of halogens is 3. The van der Waals surface area contributed by atoms with Crippen LogP contribution in [0, 0.1) is 0 Å². The highest BCUT2D eigenvalue weighted by Crippen LogP contribution is 2.44. The molecule has 1 heterocycles. The Kier molecular flexibility index (Phi) is 3.12. The van der Waals surface area contributed by atoms with E-state index in [1.165, 1.54) is 12.1 Å². The highest BCUT2D eigenvalue weighted by molar-refractivity contribution is 8.03. The molecule has 1 aliphatic carbocycles. The number of hydrogen-bond donors (Lipinski definition) is 1. The third kappa shape index (κ3) is 2.24. The number of amides is 1. The summed E-state index contributed by atoms with van der Waals surface area (Å²) in [5.74, 6) is -0.473. The van der Waals surface area contributed by atoms with E-state index in [1.807, 2.05) is 6.08 Å². The number of rotatable bonds is 0. The van der Waals surface area contributed by atoms with Crippen LogP contribution in [-0.2, 0) is 6.18 Å². The Bertz CT molecular complexity index is 646. The molecule has 0 saturated carbocycles. The molecule has 104 valence electrons. The molecular weight excluding hydrogens is 287 g/mol. The Morgan fingerprint density at radius 3 is 2.80 bits per heavy atom. The van der Waals surface area contributed by atoms with Crippen LogP contribution in [0.15, 0.2) is 45.8 Å². The summed E-state index contributed by atoms with van der Waals surface area (Å²) in [6, 6.07) is 3.70. The Labute approximate surface area is 117 Å². The van der Waals surface area contributed by atoms with Crippen LogP contribution in [0.4, 0.5) is 13.2 Å². The predicted molar refractivity (Wildman–Crippen MR) is 70.2 cm³/mol. The van der Waals surface area contributed by atoms with Crippen molar-refractivity contribution in [3.05, 3.63) is 52.1 Å². The molecular formula is C14H10F3NOS. The average Bonchev–Trinajstić information content (AvgIpc) is 2.53. The van der Waals surface area contributed by atoms with E-state index in [-0.39, 0.29) is 10.5 Å². The van der Waals surface area contributed by atoms with Crippen molar-refractivity contribution in [2.24, 2.45) is 0 Å². The summed E-state index contributed by atoms with van der Waals surface area (Å²) in [6.45, 7) is 0. The molecule has 0 unspecified atom stereocenters. The quantitative estimate of drug-likeness (QED) is 0.781. The zero-order chi connectivity index (χ0) is 14.3. The number of nitrogens with one attached hydrogen (secondary N) is 1. The highest BCUT2D eigenvalue weighted by atomic mass is 32.2. The first-order valence-electron chi connectivity index (χ1n) is 6.06. The minimum absolute atomic E-state index is 0.0194. The molecule has 0 spiro atoms. The smallest absolute Gasteiger partial charge is 0.325 e. The van der Waals surface area contributed by atoms with Gasteiger partial charge in [-0.3, -0.25) is 4.79 Å². The van der Waals surface area contributed by atoms with Crippen molar-refractivity contribution in [3.63, 3.8) is 0 Å². The first kappa shape index (κ1) is 13.3. The third-order valence-electron chi connectivity index (χ3n) is 3.17. The second-order valence-electron chi connectivity index (χ2n) is 4.52. The monoisotopic (exact) mass is 297 g/mol. The van der Waals surface area contributed by atoms with Gasteiger partial charge in [0.2, 0.25) is 0 Å². The lowest BCUT2D eigenvalue weighted by atomic mass is 10.1. The van der Waals surface area contributed by atoms with Crippen molar-refractivity contribution in [1.29, 1.82) is 0 Å². The molecule has 20 heavy (non-hydrogen) atoms. The first-order valence-corrected chi connectivity index (χ1v) is 6.87. The second kappa shape index (κ2) is 4.70. The molecule has 6 heteroatoms. The molecule has 2 aliphatic rings. The summed E-state index contributed by atoms with van der Waals surface area (Å²) in [4.78, 5) is 12.8. The molecule has 3 rings (SSSR count). The van der Waals surface area contributed by atoms with Crippen LogP contribution in [0.2, 0.25) is 0 Å². The zero-order valence-corrected chi connectivity index (χ0v) is 11.1. The van der Waals surface area contributed by atoms with Gasteiger partial charge in [-0.2, -0.15) is 13.2 Å². The van der Waals surface area contributed by atoms with E-state index in [9.17, 15) is 18.0 Å². The summed E-state index contributed by atoms with van der Waals surface area (Å²) in [5.41, 5.74) is 0.0160. The molecule has 0 atom stereocenters. The fourth-order valence-corrected chi connectivity index (χ4v) is 3.45. The van der Waals surface area contributed by atoms with Crippen molar-refractivity contribution >= 4 is 17.7 Å². The maximum absolute atomic E-state index is 13.1. The predicted octanol–water partition coefficient (Wildman–Crippen LogP) is 4.10. The van der Waals surface area contributed by atoms with Crippen molar-refractivity contribution in [3.8, 4) is 0 Å². The lowest BCUT2D eigenvalue weighted by Gasteiger charge is -2.14. The molecule has 0 saturated heterocycles. The van der Waals surface area contributed by atoms with Crippen molar-refractivity contribution in [1.82, 2.24) is 5.32 Å². The van der Waals surface area contributed by atoms with Gasteiger partial charge in [-0.15, -0.1) is 0 Å². The fraction of sp³-hybridized carbons (Fsp3) is 0.214. The topological polar surface area (TPSA) is 29.1 Å². The van der Waals surface area contributed by atoms with E-state index in [0.29, 0.717) is 17.0 Å². The van der Waals surface area contributed by atoms with E-state index < -0.39 is 17.6 Å². The van der Waals surface area contributed by atoms with Crippen molar-refractivity contribution in [2.75, 3.05) is 0 Å². The number of thioether (sulfide) groups is 1. The van der Waals surface area contributed by atoms with Crippen molar-refractivity contribution < 1.29 is 18.0 Å². The van der Waals surface area contributed by atoms with E-state index in [2.05, 4.69) is 5.32 Å². The minimum Gasteiger partial charge on any atom is -0.325 e. The fourth-order valence-electron chi connectivity index (χ4n) is 2.22. The average molecular weight is 297 g/mol. The molecule has 0 radical (unpaired) electrons. The molecule has 1 N–H and O–H groups in total. The van der Waals surface area contributed by atoms with Gasteiger partial charge in [0.05, 0.1) is 11.1 Å². The lowest BCUT2D eigenvalue weighted by molar-refractivity contribution is -0.139.